The van der Waals surface area contributed by atoms with Crippen LogP contribution in [0, 0.1) is 13.8 Å². The molecule has 0 radical (unpaired) electrons. The first-order valence-electron chi connectivity index (χ1n) is 6.40. The molecule has 2 heterocycles. The lowest BCUT2D eigenvalue weighted by Crippen LogP contribution is -2.11. The summed E-state index contributed by atoms with van der Waals surface area (Å²) in [5.41, 5.74) is 3.73. The number of hydrogen-bond donors (Lipinski definition) is 1. The molecule has 21 heavy (non-hydrogen) atoms. The molecule has 0 aliphatic rings. The van der Waals surface area contributed by atoms with Crippen LogP contribution in [0.5, 0.6) is 0 Å². The maximum Gasteiger partial charge on any atom is 0.267 e. The van der Waals surface area contributed by atoms with Crippen LogP contribution in [0.4, 0.5) is 5.82 Å². The van der Waals surface area contributed by atoms with Gasteiger partial charge in [-0.1, -0.05) is 18.2 Å². The number of anilines is 1. The zero-order chi connectivity index (χ0) is 14.8. The molecule has 0 aliphatic heterocycles. The van der Waals surface area contributed by atoms with Gasteiger partial charge in [-0.3, -0.25) is 4.79 Å². The van der Waals surface area contributed by atoms with E-state index >= 15 is 0 Å². The highest BCUT2D eigenvalue weighted by Gasteiger charge is 2.16. The maximum absolute atomic E-state index is 12.1. The van der Waals surface area contributed by atoms with Gasteiger partial charge in [0.1, 0.15) is 0 Å². The highest BCUT2D eigenvalue weighted by Crippen LogP contribution is 2.26. The fraction of sp³-hybridized carbons (Fsp3) is 0.133. The van der Waals surface area contributed by atoms with Crippen molar-refractivity contribution < 1.29 is 9.42 Å². The van der Waals surface area contributed by atoms with Gasteiger partial charge in [-0.2, -0.15) is 0 Å². The van der Waals surface area contributed by atoms with Gasteiger partial charge in [0.25, 0.3) is 5.91 Å². The molecular formula is C15H13N3O2S. The maximum atomic E-state index is 12.1. The van der Waals surface area contributed by atoms with Crippen LogP contribution in [0.2, 0.25) is 0 Å². The van der Waals surface area contributed by atoms with E-state index in [0.717, 1.165) is 11.1 Å². The van der Waals surface area contributed by atoms with Gasteiger partial charge in [-0.15, -0.1) is 11.3 Å². The second-order valence-electron chi connectivity index (χ2n) is 4.69. The third kappa shape index (κ3) is 2.71. The molecule has 1 aromatic carbocycles. The van der Waals surface area contributed by atoms with Crippen molar-refractivity contribution in [1.29, 1.82) is 0 Å². The second kappa shape index (κ2) is 5.49. The van der Waals surface area contributed by atoms with Gasteiger partial charge < -0.3 is 5.32 Å². The summed E-state index contributed by atoms with van der Waals surface area (Å²) < 4.78 is 4.78. The Balaban J connectivity index is 1.90. The summed E-state index contributed by atoms with van der Waals surface area (Å²) in [6.07, 6.45) is 0. The average Bonchev–Trinajstić information content (AvgIpc) is 3.13. The predicted octanol–water partition coefficient (Wildman–Crippen LogP) is 3.67. The summed E-state index contributed by atoms with van der Waals surface area (Å²) in [4.78, 5) is 12.7. The number of nitrogens with one attached hydrogen (secondary N) is 1. The van der Waals surface area contributed by atoms with Gasteiger partial charge in [0.05, 0.1) is 4.88 Å². The zero-order valence-electron chi connectivity index (χ0n) is 11.6. The Morgan fingerprint density at radius 2 is 2.05 bits per heavy atom. The summed E-state index contributed by atoms with van der Waals surface area (Å²) in [6.45, 7) is 4.07. The summed E-state index contributed by atoms with van der Waals surface area (Å²) in [7, 11) is 0. The minimum absolute atomic E-state index is 0.217. The Kier molecular flexibility index (Phi) is 3.53. The molecule has 0 unspecified atom stereocenters. The molecule has 0 saturated carbocycles. The molecule has 0 aliphatic carbocycles. The molecular weight excluding hydrogens is 286 g/mol. The Labute approximate surface area is 125 Å². The Morgan fingerprint density at radius 3 is 2.76 bits per heavy atom. The number of carbonyl (C=O) groups excluding carboxylic acids is 1. The van der Waals surface area contributed by atoms with Crippen LogP contribution < -0.4 is 5.32 Å². The molecule has 0 spiro atoms. The quantitative estimate of drug-likeness (QED) is 0.801. The van der Waals surface area contributed by atoms with E-state index in [0.29, 0.717) is 16.4 Å². The minimum atomic E-state index is -0.217. The standard InChI is InChI=1S/C15H13N3O2S/c1-9-5-6-11(8-10(9)2)13-14(18-20-17-13)16-15(19)12-4-3-7-21-12/h3-8H,1-2H3,(H,16,18,19). The van der Waals surface area contributed by atoms with Crippen LogP contribution in [0.1, 0.15) is 20.8 Å². The van der Waals surface area contributed by atoms with Crippen molar-refractivity contribution in [3.8, 4) is 11.3 Å². The number of amides is 1. The molecule has 2 aromatic heterocycles. The van der Waals surface area contributed by atoms with Crippen LogP contribution >= 0.6 is 11.3 Å². The number of aromatic nitrogens is 2. The number of nitrogens with zero attached hydrogens (tertiary/aromatic N) is 2. The van der Waals surface area contributed by atoms with Crippen molar-refractivity contribution in [2.45, 2.75) is 13.8 Å². The zero-order valence-corrected chi connectivity index (χ0v) is 12.4. The van der Waals surface area contributed by atoms with Gasteiger partial charge in [0, 0.05) is 5.56 Å². The third-order valence-electron chi connectivity index (χ3n) is 3.25. The molecule has 0 bridgehead atoms. The summed E-state index contributed by atoms with van der Waals surface area (Å²) >= 11 is 1.37. The molecule has 5 nitrogen and oxygen atoms in total. The van der Waals surface area contributed by atoms with Crippen molar-refractivity contribution in [3.63, 3.8) is 0 Å². The van der Waals surface area contributed by atoms with E-state index in [9.17, 15) is 4.79 Å². The van der Waals surface area contributed by atoms with Gasteiger partial charge in [-0.25, -0.2) is 4.63 Å². The molecule has 0 fully saturated rings. The van der Waals surface area contributed by atoms with Crippen LogP contribution in [0.15, 0.2) is 40.3 Å². The van der Waals surface area contributed by atoms with Crippen LogP contribution in [0.3, 0.4) is 0 Å². The SMILES string of the molecule is Cc1ccc(-c2nonc2NC(=O)c2cccs2)cc1C. The largest absolute Gasteiger partial charge is 0.301 e. The second-order valence-corrected chi connectivity index (χ2v) is 5.64. The molecule has 1 N–H and O–H groups in total. The van der Waals surface area contributed by atoms with E-state index in [-0.39, 0.29) is 5.91 Å². The first-order chi connectivity index (χ1) is 10.1. The molecule has 6 heteroatoms. The molecule has 106 valence electrons. The van der Waals surface area contributed by atoms with Crippen molar-refractivity contribution in [3.05, 3.63) is 51.7 Å². The molecule has 3 rings (SSSR count). The van der Waals surface area contributed by atoms with E-state index < -0.39 is 0 Å². The van der Waals surface area contributed by atoms with E-state index in [1.165, 1.54) is 16.9 Å². The fourth-order valence-corrected chi connectivity index (χ4v) is 2.54. The molecule has 0 saturated heterocycles. The normalized spacial score (nSPS) is 10.6. The van der Waals surface area contributed by atoms with Crippen molar-refractivity contribution in [1.82, 2.24) is 10.3 Å². The van der Waals surface area contributed by atoms with Crippen LogP contribution in [-0.4, -0.2) is 16.2 Å². The summed E-state index contributed by atoms with van der Waals surface area (Å²) in [5.74, 6) is 0.113. The minimum Gasteiger partial charge on any atom is -0.301 e. The molecule has 0 atom stereocenters. The number of benzene rings is 1. The van der Waals surface area contributed by atoms with Gasteiger partial charge in [0.15, 0.2) is 5.69 Å². The highest BCUT2D eigenvalue weighted by atomic mass is 32.1. The van der Waals surface area contributed by atoms with E-state index in [4.69, 9.17) is 4.63 Å². The van der Waals surface area contributed by atoms with E-state index in [1.807, 2.05) is 43.5 Å². The third-order valence-corrected chi connectivity index (χ3v) is 4.11. The number of thiophene rings is 1. The lowest BCUT2D eigenvalue weighted by atomic mass is 10.0. The Hall–Kier alpha value is -2.47. The predicted molar refractivity (Wildman–Crippen MR) is 81.5 cm³/mol. The topological polar surface area (TPSA) is 68.0 Å². The van der Waals surface area contributed by atoms with Crippen molar-refractivity contribution in [2.24, 2.45) is 0 Å². The summed E-state index contributed by atoms with van der Waals surface area (Å²) in [5, 5.41) is 12.3. The smallest absolute Gasteiger partial charge is 0.267 e. The van der Waals surface area contributed by atoms with E-state index in [1.54, 1.807) is 6.07 Å². The van der Waals surface area contributed by atoms with E-state index in [2.05, 4.69) is 15.6 Å². The molecule has 1 amide bonds. The van der Waals surface area contributed by atoms with Crippen molar-refractivity contribution >= 4 is 23.1 Å². The first-order valence-corrected chi connectivity index (χ1v) is 7.28. The van der Waals surface area contributed by atoms with Gasteiger partial charge in [0.2, 0.25) is 5.82 Å². The van der Waals surface area contributed by atoms with Crippen LogP contribution in [-0.2, 0) is 0 Å². The van der Waals surface area contributed by atoms with Crippen LogP contribution in [0.25, 0.3) is 11.3 Å². The van der Waals surface area contributed by atoms with Gasteiger partial charge >= 0.3 is 0 Å². The number of carbonyl (C=O) groups is 1. The monoisotopic (exact) mass is 299 g/mol. The number of aryl methyl sites for hydroxylation is 2. The lowest BCUT2D eigenvalue weighted by molar-refractivity contribution is 0.102. The lowest BCUT2D eigenvalue weighted by Gasteiger charge is -2.04. The van der Waals surface area contributed by atoms with Crippen molar-refractivity contribution in [2.75, 3.05) is 5.32 Å². The van der Waals surface area contributed by atoms with Gasteiger partial charge in [-0.05, 0) is 52.8 Å². The Bertz CT molecular complexity index is 778. The highest BCUT2D eigenvalue weighted by molar-refractivity contribution is 7.12. The summed E-state index contributed by atoms with van der Waals surface area (Å²) in [6, 6.07) is 9.51. The number of hydrogen-bond acceptors (Lipinski definition) is 5. The number of rotatable bonds is 3. The molecule has 3 aromatic rings. The first kappa shape index (κ1) is 13.5. The Morgan fingerprint density at radius 1 is 1.19 bits per heavy atom. The average molecular weight is 299 g/mol. The fourth-order valence-electron chi connectivity index (χ4n) is 1.93.